The fourth-order valence-corrected chi connectivity index (χ4v) is 8.55. The van der Waals surface area contributed by atoms with Crippen LogP contribution >= 0.6 is 0 Å². The van der Waals surface area contributed by atoms with Crippen molar-refractivity contribution in [1.82, 2.24) is 10.3 Å². The Kier molecular flexibility index (Phi) is 10.6. The predicted molar refractivity (Wildman–Crippen MR) is 161 cm³/mol. The van der Waals surface area contributed by atoms with Crippen molar-refractivity contribution < 1.29 is 44.7 Å². The van der Waals surface area contributed by atoms with Crippen LogP contribution < -0.4 is 9.62 Å². The second-order valence-corrected chi connectivity index (χ2v) is 14.3. The second kappa shape index (κ2) is 14.2. The molecule has 1 aliphatic carbocycles. The molecule has 2 bridgehead atoms. The number of ether oxygens (including phenoxy) is 1. The molecule has 1 saturated carbocycles. The number of nitrogens with zero attached hydrogens (tertiary/aromatic N) is 2. The Morgan fingerprint density at radius 2 is 1.83 bits per heavy atom. The summed E-state index contributed by atoms with van der Waals surface area (Å²) < 4.78 is 91.7. The van der Waals surface area contributed by atoms with E-state index >= 15 is 0 Å². The molecule has 2 aliphatic heterocycles. The molecule has 14 heteroatoms. The van der Waals surface area contributed by atoms with Gasteiger partial charge >= 0.3 is 6.18 Å². The number of benzene rings is 1. The molecule has 2 unspecified atom stereocenters. The molecule has 1 N–H and O–H groups in total. The maximum atomic E-state index is 14.5. The monoisotopic (exact) mass is 669 g/mol. The van der Waals surface area contributed by atoms with Gasteiger partial charge in [0, 0.05) is 12.5 Å². The first-order valence-corrected chi connectivity index (χ1v) is 17.4. The van der Waals surface area contributed by atoms with Gasteiger partial charge in [-0.15, -0.1) is 0 Å². The highest BCUT2D eigenvalue weighted by molar-refractivity contribution is 7.93. The van der Waals surface area contributed by atoms with E-state index in [1.807, 2.05) is 0 Å². The molecule has 252 valence electrons. The fourth-order valence-electron chi connectivity index (χ4n) is 7.18. The van der Waals surface area contributed by atoms with E-state index < -0.39 is 51.2 Å². The Hall–Kier alpha value is -3.26. The van der Waals surface area contributed by atoms with Crippen molar-refractivity contribution in [2.75, 3.05) is 16.6 Å². The number of aromatic nitrogens is 1. The van der Waals surface area contributed by atoms with Crippen LogP contribution in [0.5, 0.6) is 0 Å². The zero-order valence-electron chi connectivity index (χ0n) is 25.4. The second-order valence-electron chi connectivity index (χ2n) is 12.5. The summed E-state index contributed by atoms with van der Waals surface area (Å²) in [4.78, 5) is 29.9. The van der Waals surface area contributed by atoms with Gasteiger partial charge in [-0.2, -0.15) is 13.2 Å². The van der Waals surface area contributed by atoms with Crippen LogP contribution in [0.3, 0.4) is 0 Å². The molecule has 2 saturated heterocycles. The lowest BCUT2D eigenvalue weighted by Crippen LogP contribution is -2.42. The Labute approximate surface area is 265 Å². The van der Waals surface area contributed by atoms with E-state index in [9.17, 15) is 35.6 Å². The molecule has 4 atom stereocenters. The number of carbonyl (C=O) groups is 2. The van der Waals surface area contributed by atoms with Crippen molar-refractivity contribution in [1.29, 1.82) is 0 Å². The van der Waals surface area contributed by atoms with Crippen LogP contribution in [0.25, 0.3) is 0 Å². The molecule has 3 aliphatic rings. The molecule has 5 rings (SSSR count). The summed E-state index contributed by atoms with van der Waals surface area (Å²) in [6, 6.07) is 2.83. The van der Waals surface area contributed by atoms with Crippen LogP contribution in [-0.2, 0) is 26.0 Å². The van der Waals surface area contributed by atoms with E-state index in [-0.39, 0.29) is 46.0 Å². The number of sulfonamides is 1. The molecule has 3 fully saturated rings. The first-order valence-electron chi connectivity index (χ1n) is 15.8. The normalized spacial score (nSPS) is 23.4. The third-order valence-corrected chi connectivity index (χ3v) is 10.9. The highest BCUT2D eigenvalue weighted by atomic mass is 32.2. The van der Waals surface area contributed by atoms with Crippen molar-refractivity contribution in [3.05, 3.63) is 60.1 Å². The van der Waals surface area contributed by atoms with E-state index in [4.69, 9.17) is 9.15 Å². The third-order valence-electron chi connectivity index (χ3n) is 9.23. The van der Waals surface area contributed by atoms with E-state index in [0.717, 1.165) is 43.4 Å². The van der Waals surface area contributed by atoms with Gasteiger partial charge in [0.1, 0.15) is 12.1 Å². The molecule has 9 nitrogen and oxygen atoms in total. The van der Waals surface area contributed by atoms with Gasteiger partial charge in [-0.05, 0) is 61.4 Å². The quantitative estimate of drug-likeness (QED) is 0.153. The summed E-state index contributed by atoms with van der Waals surface area (Å²) in [5.74, 6) is -4.71. The average molecular weight is 670 g/mol. The van der Waals surface area contributed by atoms with Gasteiger partial charge in [0.05, 0.1) is 23.8 Å². The number of unbranched alkanes of at least 4 members (excludes halogenated alkanes) is 1. The molecular weight excluding hydrogens is 630 g/mol. The van der Waals surface area contributed by atoms with Crippen molar-refractivity contribution in [3.63, 3.8) is 0 Å². The number of hydrogen-bond donors (Lipinski definition) is 1. The lowest BCUT2D eigenvalue weighted by Gasteiger charge is -2.29. The summed E-state index contributed by atoms with van der Waals surface area (Å²) in [6.45, 7) is 3.74. The first-order chi connectivity index (χ1) is 21.9. The lowest BCUT2D eigenvalue weighted by molar-refractivity contribution is -0.113. The van der Waals surface area contributed by atoms with Crippen LogP contribution in [0, 0.1) is 17.7 Å². The molecule has 0 spiro atoms. The van der Waals surface area contributed by atoms with Crippen LogP contribution in [0.1, 0.15) is 92.1 Å². The Balaban J connectivity index is 1.31. The number of fused-ring (bicyclic) bond motifs is 2. The predicted octanol–water partition coefficient (Wildman–Crippen LogP) is 6.21. The fraction of sp³-hybridized carbons (Fsp3) is 0.594. The minimum Gasteiger partial charge on any atom is -0.448 e. The molecule has 2 aromatic rings. The summed E-state index contributed by atoms with van der Waals surface area (Å²) in [5.41, 5.74) is -0.325. The minimum atomic E-state index is -5.25. The SMILES string of the molecule is C=CC(=O)N(c1ccc(F)cc1C[C@H]1C2CCC(O2)[C@@H]1c1nc(C(=O)NCCCCC2CCCCC2)co1)S(=O)(=O)CC(F)(F)F. The Morgan fingerprint density at radius 1 is 1.09 bits per heavy atom. The third kappa shape index (κ3) is 7.99. The van der Waals surface area contributed by atoms with Gasteiger partial charge in [-0.3, -0.25) is 9.59 Å². The average Bonchev–Trinajstić information content (AvgIpc) is 3.74. The first kappa shape index (κ1) is 34.1. The highest BCUT2D eigenvalue weighted by Gasteiger charge is 2.52. The van der Waals surface area contributed by atoms with Gasteiger partial charge < -0.3 is 14.5 Å². The minimum absolute atomic E-state index is 0.00940. The van der Waals surface area contributed by atoms with Gasteiger partial charge in [-0.1, -0.05) is 51.5 Å². The zero-order chi connectivity index (χ0) is 33.1. The van der Waals surface area contributed by atoms with Crippen molar-refractivity contribution >= 4 is 27.5 Å². The smallest absolute Gasteiger partial charge is 0.404 e. The van der Waals surface area contributed by atoms with E-state index in [2.05, 4.69) is 16.9 Å². The summed E-state index contributed by atoms with van der Waals surface area (Å²) in [5, 5.41) is 2.88. The number of nitrogens with one attached hydrogen (secondary N) is 1. The van der Waals surface area contributed by atoms with E-state index in [1.165, 1.54) is 38.4 Å². The summed E-state index contributed by atoms with van der Waals surface area (Å²) in [7, 11) is -5.25. The molecular formula is C32H39F4N3O6S. The van der Waals surface area contributed by atoms with Gasteiger partial charge in [0.2, 0.25) is 5.89 Å². The van der Waals surface area contributed by atoms with Crippen molar-refractivity contribution in [3.8, 4) is 0 Å². The van der Waals surface area contributed by atoms with Crippen LogP contribution in [0.15, 0.2) is 41.5 Å². The van der Waals surface area contributed by atoms with Gasteiger partial charge in [0.25, 0.3) is 21.8 Å². The number of anilines is 1. The number of alkyl halides is 3. The summed E-state index contributed by atoms with van der Waals surface area (Å²) in [6.07, 6.45) is 6.76. The maximum absolute atomic E-state index is 14.5. The van der Waals surface area contributed by atoms with Crippen molar-refractivity contribution in [2.24, 2.45) is 11.8 Å². The van der Waals surface area contributed by atoms with Crippen molar-refractivity contribution in [2.45, 2.75) is 94.9 Å². The summed E-state index contributed by atoms with van der Waals surface area (Å²) >= 11 is 0. The maximum Gasteiger partial charge on any atom is 0.404 e. The Morgan fingerprint density at radius 3 is 2.54 bits per heavy atom. The number of hydrogen-bond acceptors (Lipinski definition) is 7. The molecule has 46 heavy (non-hydrogen) atoms. The van der Waals surface area contributed by atoms with Crippen LogP contribution in [0.4, 0.5) is 23.2 Å². The molecule has 2 amide bonds. The molecule has 0 radical (unpaired) electrons. The van der Waals surface area contributed by atoms with Crippen LogP contribution in [-0.4, -0.2) is 55.9 Å². The standard InChI is InChI=1S/C32H39F4N3O6S/c1-2-28(40)39(46(42,43)19-32(34,35)36)25-12-11-22(33)16-21(25)17-23-26-13-14-27(45-26)29(23)31-38-24(18-44-31)30(41)37-15-7-6-10-20-8-4-3-5-9-20/h2,11-12,16,18,20,23,26-27,29H,1,3-10,13-15,17,19H2,(H,37,41)/t23-,26?,27?,29+/m0/s1. The van der Waals surface area contributed by atoms with Gasteiger partial charge in [-0.25, -0.2) is 22.1 Å². The number of rotatable bonds is 13. The number of oxazole rings is 1. The largest absolute Gasteiger partial charge is 0.448 e. The zero-order valence-corrected chi connectivity index (χ0v) is 26.3. The van der Waals surface area contributed by atoms with Gasteiger partial charge in [0.15, 0.2) is 11.4 Å². The topological polar surface area (TPSA) is 119 Å². The Bertz CT molecular complexity index is 1520. The highest BCUT2D eigenvalue weighted by Crippen LogP contribution is 2.50. The number of amides is 2. The lowest BCUT2D eigenvalue weighted by atomic mass is 9.76. The van der Waals surface area contributed by atoms with Crippen LogP contribution in [0.2, 0.25) is 0 Å². The molecule has 1 aromatic heterocycles. The van der Waals surface area contributed by atoms with E-state index in [0.29, 0.717) is 25.5 Å². The molecule has 1 aromatic carbocycles. The van der Waals surface area contributed by atoms with E-state index in [1.54, 1.807) is 0 Å². The molecule has 3 heterocycles. The number of carbonyl (C=O) groups excluding carboxylic acids is 2. The number of halogens is 4.